The molecule has 1 heterocycles. The number of carbonyl (C=O) groups excluding carboxylic acids is 1. The van der Waals surface area contributed by atoms with Crippen molar-refractivity contribution in [2.24, 2.45) is 0 Å². The first kappa shape index (κ1) is 21.0. The third kappa shape index (κ3) is 4.82. The first-order chi connectivity index (χ1) is 13.6. The predicted octanol–water partition coefficient (Wildman–Crippen LogP) is 3.16. The maximum Gasteiger partial charge on any atom is 0.410 e. The number of benzene rings is 2. The van der Waals surface area contributed by atoms with Crippen molar-refractivity contribution in [3.63, 3.8) is 0 Å². The highest BCUT2D eigenvalue weighted by Gasteiger charge is 2.27. The minimum atomic E-state index is -3.67. The van der Waals surface area contributed by atoms with E-state index in [-0.39, 0.29) is 21.6 Å². The Balaban J connectivity index is 1.71. The largest absolute Gasteiger partial charge is 0.444 e. The Morgan fingerprint density at radius 3 is 2.17 bits per heavy atom. The average molecular weight is 418 g/mol. The van der Waals surface area contributed by atoms with E-state index < -0.39 is 15.4 Å². The predicted molar refractivity (Wildman–Crippen MR) is 113 cm³/mol. The van der Waals surface area contributed by atoms with Gasteiger partial charge in [0, 0.05) is 31.9 Å². The second-order valence-corrected chi connectivity index (χ2v) is 9.91. The summed E-state index contributed by atoms with van der Waals surface area (Å²) < 4.78 is 31.1. The lowest BCUT2D eigenvalue weighted by atomic mass is 10.2. The minimum Gasteiger partial charge on any atom is -0.444 e. The number of rotatable bonds is 3. The fourth-order valence-corrected chi connectivity index (χ4v) is 4.56. The van der Waals surface area contributed by atoms with Crippen molar-refractivity contribution in [3.8, 4) is 0 Å². The molecule has 0 saturated carbocycles. The summed E-state index contributed by atoms with van der Waals surface area (Å²) in [6.45, 7) is 7.81. The molecule has 1 fully saturated rings. The number of nitrogen functional groups attached to an aromatic ring is 1. The van der Waals surface area contributed by atoms with Crippen molar-refractivity contribution in [3.05, 3.63) is 48.5 Å². The summed E-state index contributed by atoms with van der Waals surface area (Å²) in [4.78, 5) is 16.3. The zero-order valence-electron chi connectivity index (χ0n) is 17.0. The van der Waals surface area contributed by atoms with E-state index in [1.54, 1.807) is 53.4 Å². The van der Waals surface area contributed by atoms with Crippen molar-refractivity contribution in [1.29, 1.82) is 0 Å². The van der Waals surface area contributed by atoms with Crippen molar-refractivity contribution in [2.45, 2.75) is 36.2 Å². The van der Waals surface area contributed by atoms with Crippen LogP contribution in [0.4, 0.5) is 16.2 Å². The van der Waals surface area contributed by atoms with Crippen LogP contribution in [0.1, 0.15) is 20.8 Å². The van der Waals surface area contributed by atoms with E-state index in [2.05, 4.69) is 4.90 Å². The Morgan fingerprint density at radius 1 is 1.00 bits per heavy atom. The lowest BCUT2D eigenvalue weighted by Crippen LogP contribution is -2.50. The number of hydrogen-bond donors (Lipinski definition) is 1. The zero-order valence-corrected chi connectivity index (χ0v) is 17.8. The van der Waals surface area contributed by atoms with Crippen LogP contribution in [-0.2, 0) is 14.6 Å². The van der Waals surface area contributed by atoms with Crippen molar-refractivity contribution in [1.82, 2.24) is 4.90 Å². The Hall–Kier alpha value is -2.74. The zero-order chi connectivity index (χ0) is 21.2. The van der Waals surface area contributed by atoms with Gasteiger partial charge in [0.05, 0.1) is 15.5 Å². The molecule has 1 aliphatic rings. The SMILES string of the molecule is CC(C)(C)OC(=O)N1CCN(c2ccc(S(=O)(=O)c3ccccc3)c(N)c2)CC1. The van der Waals surface area contributed by atoms with Crippen LogP contribution in [0.3, 0.4) is 0 Å². The molecular formula is C21H27N3O4S. The van der Waals surface area contributed by atoms with Crippen LogP contribution in [0.15, 0.2) is 58.3 Å². The first-order valence-corrected chi connectivity index (χ1v) is 11.0. The van der Waals surface area contributed by atoms with Crippen LogP contribution in [0.2, 0.25) is 0 Å². The molecular weight excluding hydrogens is 390 g/mol. The van der Waals surface area contributed by atoms with Crippen molar-refractivity contribution < 1.29 is 17.9 Å². The molecule has 0 bridgehead atoms. The number of amides is 1. The Labute approximate surface area is 172 Å². The molecule has 0 aromatic heterocycles. The van der Waals surface area contributed by atoms with Gasteiger partial charge in [-0.2, -0.15) is 0 Å². The number of ether oxygens (including phenoxy) is 1. The van der Waals surface area contributed by atoms with E-state index in [4.69, 9.17) is 10.5 Å². The molecule has 7 nitrogen and oxygen atoms in total. The summed E-state index contributed by atoms with van der Waals surface area (Å²) in [5, 5.41) is 0. The monoisotopic (exact) mass is 417 g/mol. The molecule has 8 heteroatoms. The summed E-state index contributed by atoms with van der Waals surface area (Å²) in [6.07, 6.45) is -0.319. The van der Waals surface area contributed by atoms with Gasteiger partial charge >= 0.3 is 6.09 Å². The highest BCUT2D eigenvalue weighted by atomic mass is 32.2. The molecule has 1 amide bonds. The summed E-state index contributed by atoms with van der Waals surface area (Å²) in [6, 6.07) is 13.2. The number of anilines is 2. The van der Waals surface area contributed by atoms with Crippen LogP contribution < -0.4 is 10.6 Å². The number of nitrogens with zero attached hydrogens (tertiary/aromatic N) is 2. The van der Waals surface area contributed by atoms with Crippen molar-refractivity contribution >= 4 is 27.3 Å². The van der Waals surface area contributed by atoms with Crippen LogP contribution in [-0.4, -0.2) is 51.2 Å². The molecule has 1 aliphatic heterocycles. The number of hydrogen-bond acceptors (Lipinski definition) is 6. The maximum absolute atomic E-state index is 12.8. The molecule has 156 valence electrons. The molecule has 0 spiro atoms. The maximum atomic E-state index is 12.8. The van der Waals surface area contributed by atoms with Gasteiger partial charge in [0.25, 0.3) is 0 Å². The number of sulfone groups is 1. The Morgan fingerprint density at radius 2 is 1.62 bits per heavy atom. The van der Waals surface area contributed by atoms with E-state index >= 15 is 0 Å². The van der Waals surface area contributed by atoms with Crippen LogP contribution in [0.25, 0.3) is 0 Å². The van der Waals surface area contributed by atoms with Gasteiger partial charge in [-0.3, -0.25) is 0 Å². The summed E-state index contributed by atoms with van der Waals surface area (Å²) >= 11 is 0. The van der Waals surface area contributed by atoms with Crippen LogP contribution in [0, 0.1) is 0 Å². The summed E-state index contributed by atoms with van der Waals surface area (Å²) in [7, 11) is -3.67. The molecule has 2 aromatic carbocycles. The molecule has 0 atom stereocenters. The molecule has 29 heavy (non-hydrogen) atoms. The van der Waals surface area contributed by atoms with E-state index in [9.17, 15) is 13.2 Å². The standard InChI is InChI=1S/C21H27N3O4S/c1-21(2,3)28-20(25)24-13-11-23(12-14-24)16-9-10-19(18(22)15-16)29(26,27)17-7-5-4-6-8-17/h4-10,15H,11-14,22H2,1-3H3. The first-order valence-electron chi connectivity index (χ1n) is 9.50. The molecule has 0 unspecified atom stereocenters. The number of piperazine rings is 1. The fraction of sp³-hybridized carbons (Fsp3) is 0.381. The lowest BCUT2D eigenvalue weighted by molar-refractivity contribution is 0.0240. The van der Waals surface area contributed by atoms with Gasteiger partial charge < -0.3 is 20.3 Å². The minimum absolute atomic E-state index is 0.0971. The third-order valence-electron chi connectivity index (χ3n) is 4.63. The molecule has 0 radical (unpaired) electrons. The molecule has 0 aliphatic carbocycles. The van der Waals surface area contributed by atoms with Crippen LogP contribution in [0.5, 0.6) is 0 Å². The molecule has 1 saturated heterocycles. The third-order valence-corrected chi connectivity index (χ3v) is 6.48. The second kappa shape index (κ2) is 7.94. The van der Waals surface area contributed by atoms with E-state index in [0.717, 1.165) is 5.69 Å². The van der Waals surface area contributed by atoms with Gasteiger partial charge in [0.15, 0.2) is 0 Å². The Kier molecular flexibility index (Phi) is 5.75. The second-order valence-electron chi connectivity index (χ2n) is 7.99. The number of carbonyl (C=O) groups is 1. The average Bonchev–Trinajstić information content (AvgIpc) is 2.67. The smallest absolute Gasteiger partial charge is 0.410 e. The quantitative estimate of drug-likeness (QED) is 0.771. The molecule has 2 N–H and O–H groups in total. The van der Waals surface area contributed by atoms with Gasteiger partial charge in [-0.1, -0.05) is 18.2 Å². The summed E-state index contributed by atoms with van der Waals surface area (Å²) in [5.74, 6) is 0. The highest BCUT2D eigenvalue weighted by molar-refractivity contribution is 7.91. The summed E-state index contributed by atoms with van der Waals surface area (Å²) in [5.41, 5.74) is 6.62. The number of nitrogens with two attached hydrogens (primary N) is 1. The van der Waals surface area contributed by atoms with Gasteiger partial charge in [0.1, 0.15) is 5.60 Å². The normalized spacial score (nSPS) is 15.3. The highest BCUT2D eigenvalue weighted by Crippen LogP contribution is 2.30. The van der Waals surface area contributed by atoms with Gasteiger partial charge in [-0.25, -0.2) is 13.2 Å². The fourth-order valence-electron chi connectivity index (χ4n) is 3.18. The lowest BCUT2D eigenvalue weighted by Gasteiger charge is -2.36. The van der Waals surface area contributed by atoms with Crippen LogP contribution >= 0.6 is 0 Å². The van der Waals surface area contributed by atoms with Gasteiger partial charge in [-0.15, -0.1) is 0 Å². The van der Waals surface area contributed by atoms with E-state index in [1.807, 2.05) is 20.8 Å². The topological polar surface area (TPSA) is 92.9 Å². The van der Waals surface area contributed by atoms with E-state index in [1.165, 1.54) is 0 Å². The molecule has 2 aromatic rings. The molecule has 3 rings (SSSR count). The van der Waals surface area contributed by atoms with Gasteiger partial charge in [-0.05, 0) is 51.1 Å². The van der Waals surface area contributed by atoms with Crippen molar-refractivity contribution in [2.75, 3.05) is 36.8 Å². The van der Waals surface area contributed by atoms with Gasteiger partial charge in [0.2, 0.25) is 9.84 Å². The Bertz CT molecular complexity index is 977. The van der Waals surface area contributed by atoms with E-state index in [0.29, 0.717) is 26.2 Å².